The average Bonchev–Trinajstić information content (AvgIpc) is 3.23. The molecule has 1 N–H and O–H groups in total. The van der Waals surface area contributed by atoms with Gasteiger partial charge in [-0.2, -0.15) is 5.10 Å². The van der Waals surface area contributed by atoms with Crippen molar-refractivity contribution in [2.75, 3.05) is 5.43 Å². The van der Waals surface area contributed by atoms with Crippen LogP contribution in [0, 0.1) is 5.82 Å². The second kappa shape index (κ2) is 6.04. The third-order valence-electron chi connectivity index (χ3n) is 4.03. The lowest BCUT2D eigenvalue weighted by atomic mass is 10.1. The first kappa shape index (κ1) is 14.3. The fourth-order valence-corrected chi connectivity index (χ4v) is 3.74. The Morgan fingerprint density at radius 1 is 1.09 bits per heavy atom. The van der Waals surface area contributed by atoms with Crippen LogP contribution in [0.5, 0.6) is 0 Å². The molecule has 116 valence electrons. The van der Waals surface area contributed by atoms with Crippen molar-refractivity contribution < 1.29 is 4.39 Å². The van der Waals surface area contributed by atoms with Gasteiger partial charge in [0.05, 0.1) is 5.39 Å². The summed E-state index contributed by atoms with van der Waals surface area (Å²) in [4.78, 5) is 9.57. The molecule has 4 rings (SSSR count). The number of anilines is 1. The van der Waals surface area contributed by atoms with Crippen molar-refractivity contribution in [1.82, 2.24) is 9.97 Å². The largest absolute Gasteiger partial charge is 0.261 e. The lowest BCUT2D eigenvalue weighted by Gasteiger charge is -2.05. The second-order valence-electron chi connectivity index (χ2n) is 5.56. The van der Waals surface area contributed by atoms with E-state index in [-0.39, 0.29) is 5.82 Å². The molecular weight excluding hydrogens is 311 g/mol. The average molecular weight is 326 g/mol. The van der Waals surface area contributed by atoms with Gasteiger partial charge < -0.3 is 0 Å². The van der Waals surface area contributed by atoms with E-state index in [1.807, 2.05) is 5.38 Å². The first-order chi connectivity index (χ1) is 11.3. The third-order valence-corrected chi connectivity index (χ3v) is 4.91. The maximum Gasteiger partial charge on any atom is 0.159 e. The quantitative estimate of drug-likeness (QED) is 0.701. The lowest BCUT2D eigenvalue weighted by Crippen LogP contribution is -1.99. The minimum Gasteiger partial charge on any atom is -0.261 e. The molecule has 1 saturated carbocycles. The number of nitrogens with one attached hydrogen (secondary N) is 1. The summed E-state index contributed by atoms with van der Waals surface area (Å²) in [7, 11) is 0. The van der Waals surface area contributed by atoms with Gasteiger partial charge >= 0.3 is 0 Å². The fraction of sp³-hybridized carbons (Fsp3) is 0.235. The number of rotatable bonds is 3. The van der Waals surface area contributed by atoms with Gasteiger partial charge in [0.2, 0.25) is 0 Å². The summed E-state index contributed by atoms with van der Waals surface area (Å²) in [6.07, 6.45) is 6.06. The Hall–Kier alpha value is -2.34. The number of hydrogen-bond acceptors (Lipinski definition) is 5. The lowest BCUT2D eigenvalue weighted by molar-refractivity contribution is 0.628. The Kier molecular flexibility index (Phi) is 3.75. The second-order valence-corrected chi connectivity index (χ2v) is 6.41. The molecule has 2 aromatic heterocycles. The SMILES string of the molecule is Fc1ccc(-c2csc3ncnc(NN=C4CCCC4)c23)cc1. The van der Waals surface area contributed by atoms with E-state index < -0.39 is 0 Å². The van der Waals surface area contributed by atoms with Crippen LogP contribution in [0.4, 0.5) is 10.2 Å². The van der Waals surface area contributed by atoms with Crippen molar-refractivity contribution >= 4 is 33.1 Å². The first-order valence-corrected chi connectivity index (χ1v) is 8.49. The highest BCUT2D eigenvalue weighted by molar-refractivity contribution is 7.17. The number of hydrazone groups is 1. The highest BCUT2D eigenvalue weighted by Gasteiger charge is 2.14. The molecule has 1 fully saturated rings. The zero-order valence-corrected chi connectivity index (χ0v) is 13.2. The van der Waals surface area contributed by atoms with E-state index >= 15 is 0 Å². The number of nitrogens with zero attached hydrogens (tertiary/aromatic N) is 3. The Morgan fingerprint density at radius 2 is 1.87 bits per heavy atom. The molecule has 0 aliphatic heterocycles. The Balaban J connectivity index is 1.77. The van der Waals surface area contributed by atoms with Crippen LogP contribution in [-0.4, -0.2) is 15.7 Å². The fourth-order valence-electron chi connectivity index (χ4n) is 2.83. The number of fused-ring (bicyclic) bond motifs is 1. The molecule has 1 aromatic carbocycles. The smallest absolute Gasteiger partial charge is 0.159 e. The summed E-state index contributed by atoms with van der Waals surface area (Å²) < 4.78 is 13.2. The van der Waals surface area contributed by atoms with Crippen molar-refractivity contribution in [3.63, 3.8) is 0 Å². The van der Waals surface area contributed by atoms with Gasteiger partial charge in [0.25, 0.3) is 0 Å². The Morgan fingerprint density at radius 3 is 2.65 bits per heavy atom. The maximum atomic E-state index is 13.2. The molecule has 2 heterocycles. The Labute approximate surface area is 137 Å². The molecule has 1 aliphatic carbocycles. The molecule has 23 heavy (non-hydrogen) atoms. The van der Waals surface area contributed by atoms with Gasteiger partial charge in [0.1, 0.15) is 17.0 Å². The molecule has 4 nitrogen and oxygen atoms in total. The summed E-state index contributed by atoms with van der Waals surface area (Å²) in [6, 6.07) is 6.48. The third kappa shape index (κ3) is 2.82. The zero-order valence-electron chi connectivity index (χ0n) is 12.4. The van der Waals surface area contributed by atoms with Gasteiger partial charge in [0, 0.05) is 16.7 Å². The molecular formula is C17H15FN4S. The van der Waals surface area contributed by atoms with Crippen molar-refractivity contribution in [3.8, 4) is 11.1 Å². The monoisotopic (exact) mass is 326 g/mol. The summed E-state index contributed by atoms with van der Waals surface area (Å²) in [5, 5.41) is 7.46. The van der Waals surface area contributed by atoms with Crippen LogP contribution in [-0.2, 0) is 0 Å². The molecule has 3 aromatic rings. The van der Waals surface area contributed by atoms with Crippen LogP contribution in [0.15, 0.2) is 41.1 Å². The van der Waals surface area contributed by atoms with Crippen LogP contribution >= 0.6 is 11.3 Å². The van der Waals surface area contributed by atoms with Crippen LogP contribution in [0.1, 0.15) is 25.7 Å². The number of aromatic nitrogens is 2. The van der Waals surface area contributed by atoms with E-state index in [9.17, 15) is 4.39 Å². The molecule has 0 spiro atoms. The van der Waals surface area contributed by atoms with E-state index in [0.29, 0.717) is 5.82 Å². The van der Waals surface area contributed by atoms with Crippen LogP contribution in [0.3, 0.4) is 0 Å². The summed E-state index contributed by atoms with van der Waals surface area (Å²) in [6.45, 7) is 0. The number of benzene rings is 1. The highest BCUT2D eigenvalue weighted by atomic mass is 32.1. The van der Waals surface area contributed by atoms with Gasteiger partial charge in [-0.3, -0.25) is 5.43 Å². The molecule has 0 bridgehead atoms. The van der Waals surface area contributed by atoms with Crippen LogP contribution in [0.2, 0.25) is 0 Å². The standard InChI is InChI=1S/C17H15FN4S/c18-12-7-5-11(6-8-12)14-9-23-17-15(14)16(19-10-20-17)22-21-13-3-1-2-4-13/h5-10H,1-4H2,(H,19,20,22). The minimum absolute atomic E-state index is 0.240. The van der Waals surface area contributed by atoms with E-state index in [0.717, 1.165) is 34.2 Å². The molecule has 1 aliphatic rings. The van der Waals surface area contributed by atoms with E-state index in [2.05, 4.69) is 20.5 Å². The van der Waals surface area contributed by atoms with Crippen molar-refractivity contribution in [3.05, 3.63) is 41.8 Å². The zero-order chi connectivity index (χ0) is 15.6. The number of thiophene rings is 1. The molecule has 0 saturated heterocycles. The van der Waals surface area contributed by atoms with Gasteiger partial charge in [0.15, 0.2) is 5.82 Å². The predicted molar refractivity (Wildman–Crippen MR) is 92.3 cm³/mol. The topological polar surface area (TPSA) is 50.2 Å². The number of hydrogen-bond donors (Lipinski definition) is 1. The Bertz CT molecular complexity index is 862. The van der Waals surface area contributed by atoms with E-state index in [1.165, 1.54) is 30.7 Å². The van der Waals surface area contributed by atoms with Crippen LogP contribution in [0.25, 0.3) is 21.3 Å². The highest BCUT2D eigenvalue weighted by Crippen LogP contribution is 2.36. The van der Waals surface area contributed by atoms with Gasteiger partial charge in [-0.25, -0.2) is 14.4 Å². The number of halogens is 1. The molecule has 0 unspecified atom stereocenters. The molecule has 0 amide bonds. The van der Waals surface area contributed by atoms with Crippen molar-refractivity contribution in [2.45, 2.75) is 25.7 Å². The summed E-state index contributed by atoms with van der Waals surface area (Å²) in [5.74, 6) is 0.463. The normalized spacial score (nSPS) is 14.4. The van der Waals surface area contributed by atoms with Gasteiger partial charge in [-0.1, -0.05) is 12.1 Å². The van der Waals surface area contributed by atoms with Crippen molar-refractivity contribution in [1.29, 1.82) is 0 Å². The molecule has 0 radical (unpaired) electrons. The van der Waals surface area contributed by atoms with E-state index in [4.69, 9.17) is 0 Å². The van der Waals surface area contributed by atoms with Gasteiger partial charge in [-0.05, 0) is 43.4 Å². The van der Waals surface area contributed by atoms with Crippen molar-refractivity contribution in [2.24, 2.45) is 5.10 Å². The summed E-state index contributed by atoms with van der Waals surface area (Å²) in [5.41, 5.74) is 6.24. The molecule has 6 heteroatoms. The summed E-state index contributed by atoms with van der Waals surface area (Å²) >= 11 is 1.55. The van der Waals surface area contributed by atoms with E-state index in [1.54, 1.807) is 29.8 Å². The predicted octanol–water partition coefficient (Wildman–Crippen LogP) is 4.84. The van der Waals surface area contributed by atoms with Gasteiger partial charge in [-0.15, -0.1) is 11.3 Å². The van der Waals surface area contributed by atoms with Crippen LogP contribution < -0.4 is 5.43 Å². The minimum atomic E-state index is -0.240. The maximum absolute atomic E-state index is 13.2. The molecule has 0 atom stereocenters. The first-order valence-electron chi connectivity index (χ1n) is 7.61.